The highest BCUT2D eigenvalue weighted by Gasteiger charge is 2.54. The minimum absolute atomic E-state index is 0.829. The summed E-state index contributed by atoms with van der Waals surface area (Å²) >= 11 is 0. The topological polar surface area (TPSA) is 16.1 Å². The summed E-state index contributed by atoms with van der Waals surface area (Å²) in [6, 6.07) is 6.25. The fraction of sp³-hybridized carbons (Fsp3) is 0.526. The molecule has 2 bridgehead atoms. The summed E-state index contributed by atoms with van der Waals surface area (Å²) in [5, 5.41) is 0. The third kappa shape index (κ3) is 1.78. The van der Waals surface area contributed by atoms with Crippen molar-refractivity contribution in [3.63, 3.8) is 0 Å². The zero-order valence-electron chi connectivity index (χ0n) is 12.3. The van der Waals surface area contributed by atoms with Crippen molar-refractivity contribution in [1.82, 2.24) is 9.88 Å². The molecule has 1 aliphatic heterocycles. The quantitative estimate of drug-likeness (QED) is 0.790. The van der Waals surface area contributed by atoms with Crippen LogP contribution < -0.4 is 0 Å². The predicted molar refractivity (Wildman–Crippen MR) is 83.6 cm³/mol. The van der Waals surface area contributed by atoms with E-state index in [4.69, 9.17) is 0 Å². The Morgan fingerprint density at radius 2 is 1.57 bits per heavy atom. The number of hydrogen-bond donors (Lipinski definition) is 0. The minimum atomic E-state index is 0.829. The molecule has 21 heavy (non-hydrogen) atoms. The molecule has 2 nitrogen and oxygen atoms in total. The van der Waals surface area contributed by atoms with Gasteiger partial charge in [0.25, 0.3) is 0 Å². The van der Waals surface area contributed by atoms with Crippen molar-refractivity contribution in [1.29, 1.82) is 0 Å². The Hall–Kier alpha value is -1.41. The van der Waals surface area contributed by atoms with Crippen LogP contribution in [-0.2, 0) is 6.42 Å². The molecule has 0 N–H and O–H groups in total. The molecule has 0 spiro atoms. The second-order valence-corrected chi connectivity index (χ2v) is 7.24. The summed E-state index contributed by atoms with van der Waals surface area (Å²) in [5.41, 5.74) is 1.23. The van der Waals surface area contributed by atoms with Gasteiger partial charge in [-0.05, 0) is 47.6 Å². The lowest BCUT2D eigenvalue weighted by molar-refractivity contribution is 0.0672. The van der Waals surface area contributed by atoms with Gasteiger partial charge in [-0.3, -0.25) is 4.98 Å². The molecule has 6 unspecified atom stereocenters. The van der Waals surface area contributed by atoms with E-state index in [9.17, 15) is 0 Å². The van der Waals surface area contributed by atoms with Crippen LogP contribution >= 0.6 is 0 Å². The van der Waals surface area contributed by atoms with Crippen molar-refractivity contribution >= 4 is 0 Å². The molecule has 1 aromatic heterocycles. The number of aromatic nitrogens is 1. The predicted octanol–water partition coefficient (Wildman–Crippen LogP) is 2.79. The molecule has 0 radical (unpaired) electrons. The largest absolute Gasteiger partial charge is 0.302 e. The van der Waals surface area contributed by atoms with Crippen LogP contribution in [0.25, 0.3) is 0 Å². The maximum Gasteiger partial charge on any atom is 0.0416 e. The number of hydrogen-bond acceptors (Lipinski definition) is 2. The van der Waals surface area contributed by atoms with Gasteiger partial charge < -0.3 is 4.90 Å². The molecule has 2 heteroatoms. The molecular weight excluding hydrogens is 256 g/mol. The number of pyridine rings is 1. The third-order valence-corrected chi connectivity index (χ3v) is 6.33. The van der Waals surface area contributed by atoms with E-state index in [0.717, 1.165) is 41.9 Å². The number of rotatable bonds is 3. The fourth-order valence-corrected chi connectivity index (χ4v) is 5.26. The molecule has 4 aliphatic carbocycles. The third-order valence-electron chi connectivity index (χ3n) is 6.33. The molecule has 1 saturated heterocycles. The summed E-state index contributed by atoms with van der Waals surface area (Å²) < 4.78 is 0. The molecule has 2 fully saturated rings. The van der Waals surface area contributed by atoms with Crippen LogP contribution in [0.4, 0.5) is 0 Å². The Labute approximate surface area is 126 Å². The summed E-state index contributed by atoms with van der Waals surface area (Å²) in [5.74, 6) is 5.23. The van der Waals surface area contributed by atoms with Gasteiger partial charge in [-0.15, -0.1) is 0 Å². The summed E-state index contributed by atoms with van der Waals surface area (Å²) in [6.07, 6.45) is 13.0. The molecule has 6 atom stereocenters. The van der Waals surface area contributed by atoms with E-state index in [1.807, 2.05) is 12.3 Å². The standard InChI is InChI=1S/C19H22N2/c1-2-9-20-13(3-1)8-10-21-11-18-16-6-7-17(19(18)12-21)15-5-4-14(15)16/h1-7,9,14-19H,8,10-12H2. The second kappa shape index (κ2) is 4.54. The Balaban J connectivity index is 1.28. The molecule has 0 aromatic carbocycles. The molecule has 108 valence electrons. The molecule has 2 heterocycles. The van der Waals surface area contributed by atoms with E-state index in [-0.39, 0.29) is 0 Å². The molecule has 6 rings (SSSR count). The SMILES string of the molecule is C1=CC2C1C1C=CC2C2CN(CCc3ccccn3)CC12. The first-order valence-electron chi connectivity index (χ1n) is 8.39. The van der Waals surface area contributed by atoms with Gasteiger partial charge in [-0.25, -0.2) is 0 Å². The van der Waals surface area contributed by atoms with Gasteiger partial charge in [-0.2, -0.15) is 0 Å². The van der Waals surface area contributed by atoms with E-state index in [1.54, 1.807) is 0 Å². The van der Waals surface area contributed by atoms with E-state index < -0.39 is 0 Å². The van der Waals surface area contributed by atoms with Crippen LogP contribution in [0.2, 0.25) is 0 Å². The lowest BCUT2D eigenvalue weighted by atomic mass is 9.50. The first-order valence-corrected chi connectivity index (χ1v) is 8.39. The van der Waals surface area contributed by atoms with Crippen molar-refractivity contribution in [2.75, 3.05) is 19.6 Å². The molecule has 1 saturated carbocycles. The highest BCUT2D eigenvalue weighted by atomic mass is 15.2. The minimum Gasteiger partial charge on any atom is -0.302 e. The highest BCUT2D eigenvalue weighted by Crippen LogP contribution is 2.57. The first-order chi connectivity index (χ1) is 10.4. The number of likely N-dealkylation sites (tertiary alicyclic amines) is 1. The first kappa shape index (κ1) is 12.2. The van der Waals surface area contributed by atoms with Crippen LogP contribution in [0, 0.1) is 35.5 Å². The molecule has 1 aromatic rings. The summed E-state index contributed by atoms with van der Waals surface area (Å²) in [4.78, 5) is 7.15. The maximum absolute atomic E-state index is 4.46. The Morgan fingerprint density at radius 3 is 2.14 bits per heavy atom. The smallest absolute Gasteiger partial charge is 0.0416 e. The lowest BCUT2D eigenvalue weighted by Gasteiger charge is -2.53. The average molecular weight is 278 g/mol. The van der Waals surface area contributed by atoms with E-state index >= 15 is 0 Å². The van der Waals surface area contributed by atoms with Gasteiger partial charge in [0.15, 0.2) is 0 Å². The van der Waals surface area contributed by atoms with Crippen molar-refractivity contribution in [2.24, 2.45) is 35.5 Å². The van der Waals surface area contributed by atoms with Gasteiger partial charge >= 0.3 is 0 Å². The van der Waals surface area contributed by atoms with Crippen LogP contribution in [-0.4, -0.2) is 29.5 Å². The van der Waals surface area contributed by atoms with Crippen LogP contribution in [0.3, 0.4) is 0 Å². The van der Waals surface area contributed by atoms with Crippen molar-refractivity contribution in [2.45, 2.75) is 6.42 Å². The fourth-order valence-electron chi connectivity index (χ4n) is 5.26. The zero-order valence-corrected chi connectivity index (χ0v) is 12.3. The zero-order chi connectivity index (χ0) is 13.8. The van der Waals surface area contributed by atoms with Crippen LogP contribution in [0.1, 0.15) is 5.69 Å². The average Bonchev–Trinajstić information content (AvgIpc) is 2.92. The van der Waals surface area contributed by atoms with Gasteiger partial charge in [0.2, 0.25) is 0 Å². The van der Waals surface area contributed by atoms with Crippen molar-refractivity contribution in [3.8, 4) is 0 Å². The van der Waals surface area contributed by atoms with Gasteiger partial charge in [0.05, 0.1) is 0 Å². The van der Waals surface area contributed by atoms with E-state index in [2.05, 4.69) is 46.3 Å². The lowest BCUT2D eigenvalue weighted by Crippen LogP contribution is -2.49. The van der Waals surface area contributed by atoms with E-state index in [0.29, 0.717) is 0 Å². The van der Waals surface area contributed by atoms with Gasteiger partial charge in [0, 0.05) is 37.9 Å². The monoisotopic (exact) mass is 278 g/mol. The molecule has 0 amide bonds. The normalized spacial score (nSPS) is 42.7. The summed E-state index contributed by atoms with van der Waals surface area (Å²) in [7, 11) is 0. The Bertz CT molecular complexity index is 561. The van der Waals surface area contributed by atoms with E-state index in [1.165, 1.54) is 25.3 Å². The highest BCUT2D eigenvalue weighted by molar-refractivity contribution is 5.28. The molecular formula is C19H22N2. The maximum atomic E-state index is 4.46. The molecule has 5 aliphatic rings. The van der Waals surface area contributed by atoms with Crippen molar-refractivity contribution < 1.29 is 0 Å². The summed E-state index contributed by atoms with van der Waals surface area (Å²) in [6.45, 7) is 3.78. The number of nitrogens with zero attached hydrogens (tertiary/aromatic N) is 2. The second-order valence-electron chi connectivity index (χ2n) is 7.24. The van der Waals surface area contributed by atoms with Gasteiger partial charge in [0.1, 0.15) is 0 Å². The number of allylic oxidation sites excluding steroid dienone is 4. The Kier molecular flexibility index (Phi) is 2.63. The van der Waals surface area contributed by atoms with Crippen molar-refractivity contribution in [3.05, 3.63) is 54.4 Å². The van der Waals surface area contributed by atoms with Crippen LogP contribution in [0.5, 0.6) is 0 Å². The van der Waals surface area contributed by atoms with Gasteiger partial charge in [-0.1, -0.05) is 30.4 Å². The van der Waals surface area contributed by atoms with Crippen LogP contribution in [0.15, 0.2) is 48.7 Å². The Morgan fingerprint density at radius 1 is 0.905 bits per heavy atom.